The Bertz CT molecular complexity index is 634. The quantitative estimate of drug-likeness (QED) is 0.826. The van der Waals surface area contributed by atoms with E-state index >= 15 is 0 Å². The van der Waals surface area contributed by atoms with Crippen molar-refractivity contribution in [2.75, 3.05) is 26.8 Å². The predicted octanol–water partition coefficient (Wildman–Crippen LogP) is -0.239. The Balaban J connectivity index is 1.68. The largest absolute Gasteiger partial charge is 0.369 e. The van der Waals surface area contributed by atoms with Gasteiger partial charge in [0.1, 0.15) is 12.6 Å². The van der Waals surface area contributed by atoms with Crippen molar-refractivity contribution in [2.45, 2.75) is 25.0 Å². The molecule has 0 aliphatic carbocycles. The number of morpholine rings is 1. The second-order valence-electron chi connectivity index (χ2n) is 6.22. The molecular formula is C17H21N3O4. The van der Waals surface area contributed by atoms with Gasteiger partial charge in [-0.05, 0) is 5.56 Å². The molecule has 7 heteroatoms. The molecule has 2 saturated heterocycles. The maximum atomic E-state index is 12.6. The number of hydrogen-bond donors (Lipinski definition) is 1. The van der Waals surface area contributed by atoms with Crippen LogP contribution in [-0.4, -0.2) is 66.4 Å². The molecule has 2 heterocycles. The summed E-state index contributed by atoms with van der Waals surface area (Å²) in [6, 6.07) is 8.65. The van der Waals surface area contributed by atoms with Gasteiger partial charge in [-0.15, -0.1) is 0 Å². The van der Waals surface area contributed by atoms with Crippen molar-refractivity contribution >= 4 is 17.7 Å². The van der Waals surface area contributed by atoms with E-state index in [9.17, 15) is 14.4 Å². The van der Waals surface area contributed by atoms with Gasteiger partial charge in [0.15, 0.2) is 0 Å². The Morgan fingerprint density at radius 2 is 2.00 bits per heavy atom. The summed E-state index contributed by atoms with van der Waals surface area (Å²) in [5.41, 5.74) is 0.960. The van der Waals surface area contributed by atoms with E-state index < -0.39 is 6.04 Å². The summed E-state index contributed by atoms with van der Waals surface area (Å²) in [6.07, 6.45) is 0.294. The maximum Gasteiger partial charge on any atom is 0.249 e. The van der Waals surface area contributed by atoms with Crippen LogP contribution in [0.2, 0.25) is 0 Å². The van der Waals surface area contributed by atoms with Crippen LogP contribution in [0.1, 0.15) is 12.0 Å². The lowest BCUT2D eigenvalue weighted by Crippen LogP contribution is -2.57. The van der Waals surface area contributed by atoms with Crippen LogP contribution in [0, 0.1) is 0 Å². The molecular weight excluding hydrogens is 310 g/mol. The molecule has 3 amide bonds. The first-order chi connectivity index (χ1) is 11.5. The lowest BCUT2D eigenvalue weighted by Gasteiger charge is -2.35. The first kappa shape index (κ1) is 16.4. The molecule has 1 N–H and O–H groups in total. The number of likely N-dealkylation sites (tertiary alicyclic amines) is 1. The number of likely N-dealkylation sites (N-methyl/N-ethyl adjacent to an activating group) is 1. The second kappa shape index (κ2) is 7.00. The van der Waals surface area contributed by atoms with Gasteiger partial charge in [0, 0.05) is 26.6 Å². The maximum absolute atomic E-state index is 12.6. The summed E-state index contributed by atoms with van der Waals surface area (Å²) in [4.78, 5) is 39.5. The van der Waals surface area contributed by atoms with Crippen molar-refractivity contribution < 1.29 is 19.1 Å². The molecule has 2 atom stereocenters. The van der Waals surface area contributed by atoms with Crippen LogP contribution >= 0.6 is 0 Å². The Labute approximate surface area is 140 Å². The van der Waals surface area contributed by atoms with Gasteiger partial charge in [0.05, 0.1) is 12.6 Å². The minimum absolute atomic E-state index is 0.0115. The molecule has 3 rings (SSSR count). The van der Waals surface area contributed by atoms with Crippen LogP contribution in [0.3, 0.4) is 0 Å². The van der Waals surface area contributed by atoms with Crippen LogP contribution < -0.4 is 5.32 Å². The molecule has 1 aromatic carbocycles. The molecule has 0 bridgehead atoms. The minimum atomic E-state index is -0.674. The highest BCUT2D eigenvalue weighted by atomic mass is 16.5. The standard InChI is InChI=1S/C17H21N3O4/c1-19-9-13(7-15(19)21)18-17(23)14-10-24-11-16(22)20(14)8-12-5-3-2-4-6-12/h2-6,13-14H,7-11H2,1H3,(H,18,23). The van der Waals surface area contributed by atoms with Crippen molar-refractivity contribution in [1.29, 1.82) is 0 Å². The fraction of sp³-hybridized carbons (Fsp3) is 0.471. The summed E-state index contributed by atoms with van der Waals surface area (Å²) in [6.45, 7) is 1.01. The number of hydrogen-bond acceptors (Lipinski definition) is 4. The smallest absolute Gasteiger partial charge is 0.249 e. The van der Waals surface area contributed by atoms with Gasteiger partial charge in [-0.3, -0.25) is 14.4 Å². The fourth-order valence-electron chi connectivity index (χ4n) is 3.06. The van der Waals surface area contributed by atoms with Crippen LogP contribution in [-0.2, 0) is 25.7 Å². The van der Waals surface area contributed by atoms with Crippen LogP contribution in [0.4, 0.5) is 0 Å². The van der Waals surface area contributed by atoms with E-state index in [0.29, 0.717) is 19.5 Å². The number of nitrogens with one attached hydrogen (secondary N) is 1. The minimum Gasteiger partial charge on any atom is -0.369 e. The number of amides is 3. The first-order valence-electron chi connectivity index (χ1n) is 8.00. The molecule has 2 aliphatic heterocycles. The van der Waals surface area contributed by atoms with Crippen molar-refractivity contribution in [2.24, 2.45) is 0 Å². The molecule has 0 radical (unpaired) electrons. The summed E-state index contributed by atoms with van der Waals surface area (Å²) in [7, 11) is 1.71. The first-order valence-corrected chi connectivity index (χ1v) is 8.00. The van der Waals surface area contributed by atoms with Crippen LogP contribution in [0.15, 0.2) is 30.3 Å². The second-order valence-corrected chi connectivity index (χ2v) is 6.22. The highest BCUT2D eigenvalue weighted by molar-refractivity contribution is 5.90. The summed E-state index contributed by atoms with van der Waals surface area (Å²) in [5, 5.41) is 2.87. The fourth-order valence-corrected chi connectivity index (χ4v) is 3.06. The molecule has 2 fully saturated rings. The van der Waals surface area contributed by atoms with Crippen molar-refractivity contribution in [3.05, 3.63) is 35.9 Å². The number of benzene rings is 1. The third-order valence-electron chi connectivity index (χ3n) is 4.38. The van der Waals surface area contributed by atoms with E-state index in [1.165, 1.54) is 0 Å². The number of carbonyl (C=O) groups excluding carboxylic acids is 3. The van der Waals surface area contributed by atoms with E-state index in [-0.39, 0.29) is 37.0 Å². The average molecular weight is 331 g/mol. The Kier molecular flexibility index (Phi) is 4.80. The van der Waals surface area contributed by atoms with Gasteiger partial charge >= 0.3 is 0 Å². The number of ether oxygens (including phenoxy) is 1. The molecule has 0 spiro atoms. The summed E-state index contributed by atoms with van der Waals surface area (Å²) < 4.78 is 5.26. The van der Waals surface area contributed by atoms with Gasteiger partial charge in [-0.25, -0.2) is 0 Å². The monoisotopic (exact) mass is 331 g/mol. The van der Waals surface area contributed by atoms with Crippen molar-refractivity contribution in [3.8, 4) is 0 Å². The van der Waals surface area contributed by atoms with Crippen LogP contribution in [0.5, 0.6) is 0 Å². The Morgan fingerprint density at radius 1 is 1.25 bits per heavy atom. The zero-order valence-corrected chi connectivity index (χ0v) is 13.6. The summed E-state index contributed by atoms with van der Waals surface area (Å²) in [5.74, 6) is -0.464. The molecule has 7 nitrogen and oxygen atoms in total. The van der Waals surface area contributed by atoms with E-state index in [0.717, 1.165) is 5.56 Å². The van der Waals surface area contributed by atoms with Crippen molar-refractivity contribution in [1.82, 2.24) is 15.1 Å². The average Bonchev–Trinajstić information content (AvgIpc) is 2.88. The van der Waals surface area contributed by atoms with Gasteiger partial charge in [-0.1, -0.05) is 30.3 Å². The highest BCUT2D eigenvalue weighted by Gasteiger charge is 2.36. The van der Waals surface area contributed by atoms with E-state index in [1.807, 2.05) is 30.3 Å². The van der Waals surface area contributed by atoms with E-state index in [1.54, 1.807) is 16.8 Å². The number of nitrogens with zero attached hydrogens (tertiary/aromatic N) is 2. The number of carbonyl (C=O) groups is 3. The van der Waals surface area contributed by atoms with E-state index in [4.69, 9.17) is 4.74 Å². The molecule has 128 valence electrons. The Hall–Kier alpha value is -2.41. The molecule has 2 aliphatic rings. The zero-order chi connectivity index (χ0) is 17.1. The topological polar surface area (TPSA) is 79.0 Å². The van der Waals surface area contributed by atoms with Gasteiger partial charge < -0.3 is 19.9 Å². The highest BCUT2D eigenvalue weighted by Crippen LogP contribution is 2.15. The summed E-state index contributed by atoms with van der Waals surface area (Å²) >= 11 is 0. The third-order valence-corrected chi connectivity index (χ3v) is 4.38. The molecule has 0 saturated carbocycles. The predicted molar refractivity (Wildman–Crippen MR) is 85.8 cm³/mol. The molecule has 1 aromatic rings. The molecule has 0 aromatic heterocycles. The van der Waals surface area contributed by atoms with Gasteiger partial charge in [-0.2, -0.15) is 0 Å². The molecule has 2 unspecified atom stereocenters. The van der Waals surface area contributed by atoms with Gasteiger partial charge in [0.25, 0.3) is 0 Å². The van der Waals surface area contributed by atoms with Crippen LogP contribution in [0.25, 0.3) is 0 Å². The SMILES string of the molecule is CN1CC(NC(=O)C2COCC(=O)N2Cc2ccccc2)CC1=O. The zero-order valence-electron chi connectivity index (χ0n) is 13.6. The van der Waals surface area contributed by atoms with E-state index in [2.05, 4.69) is 5.32 Å². The lowest BCUT2D eigenvalue weighted by molar-refractivity contribution is -0.155. The lowest BCUT2D eigenvalue weighted by atomic mass is 10.1. The third kappa shape index (κ3) is 3.56. The number of rotatable bonds is 4. The Morgan fingerprint density at radius 3 is 2.67 bits per heavy atom. The van der Waals surface area contributed by atoms with Gasteiger partial charge in [0.2, 0.25) is 17.7 Å². The molecule has 24 heavy (non-hydrogen) atoms. The van der Waals surface area contributed by atoms with Crippen molar-refractivity contribution in [3.63, 3.8) is 0 Å². The normalized spacial score (nSPS) is 24.4.